The van der Waals surface area contributed by atoms with Crippen molar-refractivity contribution in [3.05, 3.63) is 58.2 Å². The first-order valence-electron chi connectivity index (χ1n) is 7.43. The molecule has 0 aliphatic carbocycles. The topological polar surface area (TPSA) is 76.2 Å². The van der Waals surface area contributed by atoms with Crippen molar-refractivity contribution in [2.45, 2.75) is 33.8 Å². The number of aromatic nitrogens is 1. The Balaban J connectivity index is 2.20. The zero-order valence-electron chi connectivity index (χ0n) is 13.9. The smallest absolute Gasteiger partial charge is 0.338 e. The van der Waals surface area contributed by atoms with Crippen molar-refractivity contribution in [1.82, 2.24) is 4.98 Å². The van der Waals surface area contributed by atoms with Gasteiger partial charge in [0.15, 0.2) is 11.9 Å². The van der Waals surface area contributed by atoms with Gasteiger partial charge in [-0.15, -0.1) is 0 Å². The van der Waals surface area contributed by atoms with Gasteiger partial charge in [0.1, 0.15) is 5.82 Å². The third-order valence-corrected chi connectivity index (χ3v) is 3.75. The monoisotopic (exact) mass is 331 g/mol. The SMILES string of the molecule is CC(=O)c1c(C)[nH]c(C(=O)[C@H](C)OC(=O)c2cccc(F)c2)c1C. The zero-order valence-corrected chi connectivity index (χ0v) is 13.9. The number of carbonyl (C=O) groups excluding carboxylic acids is 3. The number of aryl methyl sites for hydroxylation is 1. The van der Waals surface area contributed by atoms with Crippen LogP contribution >= 0.6 is 0 Å². The van der Waals surface area contributed by atoms with E-state index in [9.17, 15) is 18.8 Å². The number of halogens is 1. The maximum absolute atomic E-state index is 13.2. The lowest BCUT2D eigenvalue weighted by Gasteiger charge is -2.12. The number of esters is 1. The van der Waals surface area contributed by atoms with E-state index in [1.54, 1.807) is 13.8 Å². The predicted octanol–water partition coefficient (Wildman–Crippen LogP) is 3.40. The summed E-state index contributed by atoms with van der Waals surface area (Å²) in [6.45, 7) is 6.21. The molecular weight excluding hydrogens is 313 g/mol. The molecule has 2 aromatic rings. The summed E-state index contributed by atoms with van der Waals surface area (Å²) in [7, 11) is 0. The third kappa shape index (κ3) is 3.42. The van der Waals surface area contributed by atoms with Crippen LogP contribution in [0.1, 0.15) is 56.3 Å². The van der Waals surface area contributed by atoms with Crippen LogP contribution in [0.25, 0.3) is 0 Å². The minimum absolute atomic E-state index is 0.0264. The molecule has 0 spiro atoms. The zero-order chi connectivity index (χ0) is 18.0. The number of hydrogen-bond acceptors (Lipinski definition) is 4. The van der Waals surface area contributed by atoms with Crippen LogP contribution in [0.5, 0.6) is 0 Å². The number of ketones is 2. The molecule has 2 rings (SSSR count). The lowest BCUT2D eigenvalue weighted by atomic mass is 10.0. The molecule has 0 saturated heterocycles. The average Bonchev–Trinajstić information content (AvgIpc) is 2.81. The number of aromatic amines is 1. The first-order chi connectivity index (χ1) is 11.2. The third-order valence-electron chi connectivity index (χ3n) is 3.75. The quantitative estimate of drug-likeness (QED) is 0.673. The van der Waals surface area contributed by atoms with Crippen molar-refractivity contribution >= 4 is 17.5 Å². The van der Waals surface area contributed by atoms with Crippen molar-refractivity contribution in [3.8, 4) is 0 Å². The minimum atomic E-state index is -1.07. The number of ether oxygens (including phenoxy) is 1. The molecule has 0 aliphatic rings. The van der Waals surface area contributed by atoms with E-state index >= 15 is 0 Å². The highest BCUT2D eigenvalue weighted by molar-refractivity contribution is 6.05. The molecule has 1 heterocycles. The Kier molecular flexibility index (Phi) is 4.97. The standard InChI is InChI=1S/C18H18FNO4/c1-9-15(11(3)21)10(2)20-16(9)17(22)12(4)24-18(23)13-6-5-7-14(19)8-13/h5-8,12,20H,1-4H3/t12-/m0/s1. The van der Waals surface area contributed by atoms with Crippen LogP contribution in [-0.2, 0) is 4.74 Å². The molecule has 0 unspecified atom stereocenters. The van der Waals surface area contributed by atoms with E-state index in [-0.39, 0.29) is 17.0 Å². The van der Waals surface area contributed by atoms with Crippen molar-refractivity contribution < 1.29 is 23.5 Å². The molecule has 1 N–H and O–H groups in total. The van der Waals surface area contributed by atoms with Crippen LogP contribution < -0.4 is 0 Å². The van der Waals surface area contributed by atoms with Crippen LogP contribution in [0, 0.1) is 19.7 Å². The van der Waals surface area contributed by atoms with E-state index in [2.05, 4.69) is 4.98 Å². The Bertz CT molecular complexity index is 822. The van der Waals surface area contributed by atoms with Crippen LogP contribution in [-0.4, -0.2) is 28.6 Å². The van der Waals surface area contributed by atoms with Gasteiger partial charge in [-0.3, -0.25) is 9.59 Å². The first-order valence-corrected chi connectivity index (χ1v) is 7.43. The fourth-order valence-electron chi connectivity index (χ4n) is 2.63. The van der Waals surface area contributed by atoms with E-state index < -0.39 is 23.7 Å². The van der Waals surface area contributed by atoms with Crippen molar-refractivity contribution in [3.63, 3.8) is 0 Å². The molecule has 1 aromatic heterocycles. The molecule has 1 atom stereocenters. The maximum atomic E-state index is 13.2. The largest absolute Gasteiger partial charge is 0.451 e. The molecule has 0 radical (unpaired) electrons. The second-order valence-electron chi connectivity index (χ2n) is 5.60. The fraction of sp³-hybridized carbons (Fsp3) is 0.278. The van der Waals surface area contributed by atoms with E-state index in [1.165, 1.54) is 32.0 Å². The molecule has 0 fully saturated rings. The highest BCUT2D eigenvalue weighted by Crippen LogP contribution is 2.20. The van der Waals surface area contributed by atoms with Gasteiger partial charge >= 0.3 is 5.97 Å². The lowest BCUT2D eigenvalue weighted by molar-refractivity contribution is 0.0316. The van der Waals surface area contributed by atoms with Crippen LogP contribution in [0.2, 0.25) is 0 Å². The van der Waals surface area contributed by atoms with Crippen LogP contribution in [0.4, 0.5) is 4.39 Å². The number of carbonyl (C=O) groups is 3. The molecule has 1 aromatic carbocycles. The Hall–Kier alpha value is -2.76. The van der Waals surface area contributed by atoms with Gasteiger partial charge in [0.25, 0.3) is 0 Å². The van der Waals surface area contributed by atoms with Gasteiger partial charge in [-0.1, -0.05) is 6.07 Å². The highest BCUT2D eigenvalue weighted by Gasteiger charge is 2.26. The van der Waals surface area contributed by atoms with Gasteiger partial charge in [-0.25, -0.2) is 9.18 Å². The van der Waals surface area contributed by atoms with Gasteiger partial charge in [-0.2, -0.15) is 0 Å². The van der Waals surface area contributed by atoms with Gasteiger partial charge in [0, 0.05) is 11.3 Å². The number of H-pyrrole nitrogens is 1. The minimum Gasteiger partial charge on any atom is -0.451 e. The summed E-state index contributed by atoms with van der Waals surface area (Å²) >= 11 is 0. The summed E-state index contributed by atoms with van der Waals surface area (Å²) in [6.07, 6.45) is -1.07. The Morgan fingerprint density at radius 1 is 1.21 bits per heavy atom. The van der Waals surface area contributed by atoms with Crippen molar-refractivity contribution in [1.29, 1.82) is 0 Å². The Morgan fingerprint density at radius 2 is 1.88 bits per heavy atom. The van der Waals surface area contributed by atoms with Gasteiger partial charge < -0.3 is 9.72 Å². The number of Topliss-reactive ketones (excluding diaryl/α,β-unsaturated/α-hetero) is 2. The van der Waals surface area contributed by atoms with Crippen molar-refractivity contribution in [2.75, 3.05) is 0 Å². The summed E-state index contributed by atoms with van der Waals surface area (Å²) < 4.78 is 18.3. The second kappa shape index (κ2) is 6.78. The lowest BCUT2D eigenvalue weighted by Crippen LogP contribution is -2.25. The van der Waals surface area contributed by atoms with E-state index in [1.807, 2.05) is 0 Å². The van der Waals surface area contributed by atoms with Gasteiger partial charge in [0.05, 0.1) is 11.3 Å². The van der Waals surface area contributed by atoms with Gasteiger partial charge in [-0.05, 0) is 51.5 Å². The Morgan fingerprint density at radius 3 is 2.42 bits per heavy atom. The molecule has 5 nitrogen and oxygen atoms in total. The summed E-state index contributed by atoms with van der Waals surface area (Å²) in [5.41, 5.74) is 1.84. The molecule has 0 saturated carbocycles. The van der Waals surface area contributed by atoms with Crippen molar-refractivity contribution in [2.24, 2.45) is 0 Å². The molecule has 6 heteroatoms. The molecular formula is C18H18FNO4. The second-order valence-corrected chi connectivity index (χ2v) is 5.60. The average molecular weight is 331 g/mol. The molecule has 126 valence electrons. The number of nitrogens with one attached hydrogen (secondary N) is 1. The van der Waals surface area contributed by atoms with Gasteiger partial charge in [0.2, 0.25) is 5.78 Å². The number of hydrogen-bond donors (Lipinski definition) is 1. The normalized spacial score (nSPS) is 11.9. The predicted molar refractivity (Wildman–Crippen MR) is 85.9 cm³/mol. The first kappa shape index (κ1) is 17.6. The molecule has 24 heavy (non-hydrogen) atoms. The Labute approximate surface area is 138 Å². The van der Waals surface area contributed by atoms with E-state index in [0.29, 0.717) is 16.8 Å². The summed E-state index contributed by atoms with van der Waals surface area (Å²) in [6, 6.07) is 5.04. The summed E-state index contributed by atoms with van der Waals surface area (Å²) in [5.74, 6) is -1.95. The highest BCUT2D eigenvalue weighted by atomic mass is 19.1. The fourth-order valence-corrected chi connectivity index (χ4v) is 2.63. The summed E-state index contributed by atoms with van der Waals surface area (Å²) in [4.78, 5) is 39.0. The van der Waals surface area contributed by atoms with Crippen LogP contribution in [0.3, 0.4) is 0 Å². The summed E-state index contributed by atoms with van der Waals surface area (Å²) in [5, 5.41) is 0. The maximum Gasteiger partial charge on any atom is 0.338 e. The van der Waals surface area contributed by atoms with E-state index in [0.717, 1.165) is 6.07 Å². The molecule has 0 aliphatic heterocycles. The molecule has 0 amide bonds. The van der Waals surface area contributed by atoms with Crippen LogP contribution in [0.15, 0.2) is 24.3 Å². The number of benzene rings is 1. The number of rotatable bonds is 5. The van der Waals surface area contributed by atoms with E-state index in [4.69, 9.17) is 4.74 Å². The molecule has 0 bridgehead atoms.